The standard InChI is InChI=1S/C15H19BrN2S/c1-11(14-7-8-15(16)19-14)17-13-6-4-5-12(9-13)10-18(2)3/h4-9,11,17H,10H2,1-3H3. The molecule has 0 amide bonds. The molecular formula is C15H19BrN2S. The second-order valence-electron chi connectivity index (χ2n) is 4.95. The third-order valence-electron chi connectivity index (χ3n) is 2.83. The molecule has 19 heavy (non-hydrogen) atoms. The molecule has 1 N–H and O–H groups in total. The van der Waals surface area contributed by atoms with Gasteiger partial charge in [-0.1, -0.05) is 12.1 Å². The molecule has 0 fully saturated rings. The van der Waals surface area contributed by atoms with Crippen LogP contribution >= 0.6 is 27.3 Å². The molecule has 0 aliphatic rings. The van der Waals surface area contributed by atoms with Crippen LogP contribution in [0.3, 0.4) is 0 Å². The fourth-order valence-electron chi connectivity index (χ4n) is 2.01. The molecule has 102 valence electrons. The normalized spacial score (nSPS) is 12.7. The van der Waals surface area contributed by atoms with Crippen LogP contribution in [-0.4, -0.2) is 19.0 Å². The first kappa shape index (κ1) is 14.6. The second kappa shape index (κ2) is 6.55. The molecule has 1 heterocycles. The quantitative estimate of drug-likeness (QED) is 0.846. The zero-order valence-electron chi connectivity index (χ0n) is 11.5. The molecular weight excluding hydrogens is 320 g/mol. The van der Waals surface area contributed by atoms with Gasteiger partial charge in [0, 0.05) is 17.1 Å². The van der Waals surface area contributed by atoms with Gasteiger partial charge >= 0.3 is 0 Å². The van der Waals surface area contributed by atoms with Crippen molar-refractivity contribution in [1.82, 2.24) is 4.90 Å². The number of nitrogens with zero attached hydrogens (tertiary/aromatic N) is 1. The lowest BCUT2D eigenvalue weighted by molar-refractivity contribution is 0.402. The van der Waals surface area contributed by atoms with E-state index in [0.29, 0.717) is 6.04 Å². The molecule has 1 unspecified atom stereocenters. The van der Waals surface area contributed by atoms with E-state index in [4.69, 9.17) is 0 Å². The van der Waals surface area contributed by atoms with Gasteiger partial charge in [0.1, 0.15) is 0 Å². The fourth-order valence-corrected chi connectivity index (χ4v) is 3.43. The summed E-state index contributed by atoms with van der Waals surface area (Å²) in [7, 11) is 4.18. The van der Waals surface area contributed by atoms with Gasteiger partial charge in [-0.2, -0.15) is 0 Å². The van der Waals surface area contributed by atoms with Gasteiger partial charge in [-0.05, 0) is 66.8 Å². The molecule has 1 aromatic carbocycles. The van der Waals surface area contributed by atoms with Crippen molar-refractivity contribution in [2.75, 3.05) is 19.4 Å². The van der Waals surface area contributed by atoms with E-state index in [0.717, 1.165) is 6.54 Å². The summed E-state index contributed by atoms with van der Waals surface area (Å²) >= 11 is 5.29. The first-order valence-electron chi connectivity index (χ1n) is 6.30. The van der Waals surface area contributed by atoms with E-state index in [1.54, 1.807) is 11.3 Å². The van der Waals surface area contributed by atoms with E-state index in [9.17, 15) is 0 Å². The van der Waals surface area contributed by atoms with Gasteiger partial charge in [0.25, 0.3) is 0 Å². The number of anilines is 1. The van der Waals surface area contributed by atoms with Crippen LogP contribution in [0.5, 0.6) is 0 Å². The summed E-state index contributed by atoms with van der Waals surface area (Å²) in [5.41, 5.74) is 2.51. The summed E-state index contributed by atoms with van der Waals surface area (Å²) in [6.07, 6.45) is 0. The van der Waals surface area contributed by atoms with Crippen LogP contribution in [0, 0.1) is 0 Å². The van der Waals surface area contributed by atoms with E-state index in [-0.39, 0.29) is 0 Å². The molecule has 4 heteroatoms. The summed E-state index contributed by atoms with van der Waals surface area (Å²) in [5, 5.41) is 3.56. The monoisotopic (exact) mass is 338 g/mol. The van der Waals surface area contributed by atoms with Gasteiger partial charge in [0.05, 0.1) is 9.83 Å². The molecule has 0 saturated heterocycles. The van der Waals surface area contributed by atoms with Crippen molar-refractivity contribution < 1.29 is 0 Å². The third kappa shape index (κ3) is 4.34. The Bertz CT molecular complexity index is 536. The molecule has 0 bridgehead atoms. The summed E-state index contributed by atoms with van der Waals surface area (Å²) in [6.45, 7) is 3.16. The Morgan fingerprint density at radius 1 is 1.26 bits per heavy atom. The average molecular weight is 339 g/mol. The molecule has 2 aromatic rings. The highest BCUT2D eigenvalue weighted by molar-refractivity contribution is 9.11. The predicted octanol–water partition coefficient (Wildman–Crippen LogP) is 4.75. The Hall–Kier alpha value is -0.840. The zero-order valence-corrected chi connectivity index (χ0v) is 13.9. The van der Waals surface area contributed by atoms with Crippen LogP contribution in [0.25, 0.3) is 0 Å². The number of rotatable bonds is 5. The predicted molar refractivity (Wildman–Crippen MR) is 87.9 cm³/mol. The third-order valence-corrected chi connectivity index (χ3v) is 4.64. The lowest BCUT2D eigenvalue weighted by Crippen LogP contribution is -2.11. The van der Waals surface area contributed by atoms with Crippen molar-refractivity contribution in [3.63, 3.8) is 0 Å². The lowest BCUT2D eigenvalue weighted by atomic mass is 10.1. The number of hydrogen-bond donors (Lipinski definition) is 1. The highest BCUT2D eigenvalue weighted by Gasteiger charge is 2.08. The second-order valence-corrected chi connectivity index (χ2v) is 7.44. The first-order chi connectivity index (χ1) is 9.04. The molecule has 0 saturated carbocycles. The van der Waals surface area contributed by atoms with Crippen LogP contribution in [-0.2, 0) is 6.54 Å². The van der Waals surface area contributed by atoms with Crippen molar-refractivity contribution in [1.29, 1.82) is 0 Å². The minimum absolute atomic E-state index is 0.325. The average Bonchev–Trinajstić information content (AvgIpc) is 2.75. The minimum atomic E-state index is 0.325. The van der Waals surface area contributed by atoms with Gasteiger partial charge in [0.2, 0.25) is 0 Å². The first-order valence-corrected chi connectivity index (χ1v) is 7.91. The van der Waals surface area contributed by atoms with E-state index in [2.05, 4.69) is 83.6 Å². The maximum absolute atomic E-state index is 3.56. The minimum Gasteiger partial charge on any atom is -0.378 e. The summed E-state index contributed by atoms with van der Waals surface area (Å²) in [4.78, 5) is 3.52. The van der Waals surface area contributed by atoms with Crippen LogP contribution in [0.2, 0.25) is 0 Å². The van der Waals surface area contributed by atoms with Crippen LogP contribution in [0.15, 0.2) is 40.2 Å². The maximum Gasteiger partial charge on any atom is 0.0702 e. The van der Waals surface area contributed by atoms with Crippen molar-refractivity contribution >= 4 is 33.0 Å². The molecule has 0 spiro atoms. The number of hydrogen-bond acceptors (Lipinski definition) is 3. The summed E-state index contributed by atoms with van der Waals surface area (Å²) < 4.78 is 1.18. The summed E-state index contributed by atoms with van der Waals surface area (Å²) in [5.74, 6) is 0. The summed E-state index contributed by atoms with van der Waals surface area (Å²) in [6, 6.07) is 13.2. The highest BCUT2D eigenvalue weighted by Crippen LogP contribution is 2.29. The largest absolute Gasteiger partial charge is 0.378 e. The van der Waals surface area contributed by atoms with Crippen molar-refractivity contribution in [3.8, 4) is 0 Å². The molecule has 0 radical (unpaired) electrons. The molecule has 2 nitrogen and oxygen atoms in total. The molecule has 2 rings (SSSR count). The van der Waals surface area contributed by atoms with Crippen molar-refractivity contribution in [2.45, 2.75) is 19.5 Å². The molecule has 1 atom stereocenters. The topological polar surface area (TPSA) is 15.3 Å². The molecule has 1 aromatic heterocycles. The Labute approximate surface area is 127 Å². The number of halogens is 1. The van der Waals surface area contributed by atoms with Gasteiger partial charge in [-0.3, -0.25) is 0 Å². The van der Waals surface area contributed by atoms with Gasteiger partial charge in [0.15, 0.2) is 0 Å². The smallest absolute Gasteiger partial charge is 0.0702 e. The van der Waals surface area contributed by atoms with Gasteiger partial charge < -0.3 is 10.2 Å². The number of thiophene rings is 1. The van der Waals surface area contributed by atoms with E-state index >= 15 is 0 Å². The molecule has 0 aliphatic heterocycles. The van der Waals surface area contributed by atoms with Crippen LogP contribution in [0.4, 0.5) is 5.69 Å². The Morgan fingerprint density at radius 2 is 2.05 bits per heavy atom. The number of nitrogens with one attached hydrogen (secondary N) is 1. The van der Waals surface area contributed by atoms with Crippen molar-refractivity contribution in [2.24, 2.45) is 0 Å². The van der Waals surface area contributed by atoms with E-state index in [1.165, 1.54) is 19.9 Å². The Kier molecular flexibility index (Phi) is 5.02. The van der Waals surface area contributed by atoms with E-state index in [1.807, 2.05) is 0 Å². The van der Waals surface area contributed by atoms with Gasteiger partial charge in [-0.25, -0.2) is 0 Å². The van der Waals surface area contributed by atoms with Crippen LogP contribution in [0.1, 0.15) is 23.4 Å². The maximum atomic E-state index is 3.56. The SMILES string of the molecule is CC(Nc1cccc(CN(C)C)c1)c1ccc(Br)s1. The zero-order chi connectivity index (χ0) is 13.8. The highest BCUT2D eigenvalue weighted by atomic mass is 79.9. The Morgan fingerprint density at radius 3 is 2.68 bits per heavy atom. The van der Waals surface area contributed by atoms with Crippen LogP contribution < -0.4 is 5.32 Å². The number of benzene rings is 1. The van der Waals surface area contributed by atoms with Crippen molar-refractivity contribution in [3.05, 3.63) is 50.6 Å². The Balaban J connectivity index is 2.06. The lowest BCUT2D eigenvalue weighted by Gasteiger charge is -2.16. The van der Waals surface area contributed by atoms with Gasteiger partial charge in [-0.15, -0.1) is 11.3 Å². The fraction of sp³-hybridized carbons (Fsp3) is 0.333. The van der Waals surface area contributed by atoms with E-state index < -0.39 is 0 Å². The molecule has 0 aliphatic carbocycles.